The van der Waals surface area contributed by atoms with E-state index in [4.69, 9.17) is 0 Å². The van der Waals surface area contributed by atoms with Crippen LogP contribution in [0.3, 0.4) is 0 Å². The molecule has 2 rings (SSSR count). The van der Waals surface area contributed by atoms with Gasteiger partial charge in [-0.05, 0) is 51.8 Å². The zero-order valence-corrected chi connectivity index (χ0v) is 12.7. The molecule has 0 spiro atoms. The van der Waals surface area contributed by atoms with Crippen molar-refractivity contribution in [1.82, 2.24) is 4.98 Å². The molecule has 102 valence electrons. The fourth-order valence-electron chi connectivity index (χ4n) is 1.74. The molecule has 0 atom stereocenters. The quantitative estimate of drug-likeness (QED) is 0.583. The maximum Gasteiger partial charge on any atom is 0.233 e. The molecule has 0 aromatic carbocycles. The molecule has 0 saturated carbocycles. The van der Waals surface area contributed by atoms with E-state index in [0.29, 0.717) is 0 Å². The normalized spacial score (nSPS) is 9.79. The smallest absolute Gasteiger partial charge is 0.233 e. The predicted octanol–water partition coefficient (Wildman–Crippen LogP) is 3.14. The van der Waals surface area contributed by atoms with E-state index in [-0.39, 0.29) is 0 Å². The van der Waals surface area contributed by atoms with Crippen molar-refractivity contribution in [2.75, 3.05) is 0 Å². The molecule has 2 aromatic rings. The van der Waals surface area contributed by atoms with Crippen molar-refractivity contribution in [3.8, 4) is 0 Å². The second-order valence-corrected chi connectivity index (χ2v) is 5.05. The lowest BCUT2D eigenvalue weighted by Crippen LogP contribution is -2.34. The first kappa shape index (κ1) is 15.2. The maximum absolute atomic E-state index is 9.20. The van der Waals surface area contributed by atoms with Crippen LogP contribution in [0.15, 0.2) is 24.5 Å². The molecule has 0 aliphatic heterocycles. The highest BCUT2D eigenvalue weighted by atomic mass is 16.5. The van der Waals surface area contributed by atoms with Crippen LogP contribution in [0.1, 0.15) is 33.6 Å². The molecule has 3 heteroatoms. The Morgan fingerprint density at radius 1 is 0.895 bits per heavy atom. The van der Waals surface area contributed by atoms with Gasteiger partial charge in [0.25, 0.3) is 0 Å². The van der Waals surface area contributed by atoms with Crippen molar-refractivity contribution in [3.05, 3.63) is 58.2 Å². The SMILES string of the molecule is Cc1cc(C)c(C)[n+](O)c1.Cc1cnc(C)c(C)c1. The van der Waals surface area contributed by atoms with Crippen molar-refractivity contribution in [3.63, 3.8) is 0 Å². The van der Waals surface area contributed by atoms with Crippen LogP contribution in [-0.4, -0.2) is 10.2 Å². The first-order valence-electron chi connectivity index (χ1n) is 6.40. The van der Waals surface area contributed by atoms with E-state index in [1.165, 1.54) is 11.1 Å². The van der Waals surface area contributed by atoms with Gasteiger partial charge in [-0.1, -0.05) is 6.07 Å². The monoisotopic (exact) mass is 259 g/mol. The molecule has 0 saturated heterocycles. The Hall–Kier alpha value is -1.90. The summed E-state index contributed by atoms with van der Waals surface area (Å²) in [6, 6.07) is 4.18. The number of rotatable bonds is 0. The lowest BCUT2D eigenvalue weighted by Gasteiger charge is -1.97. The van der Waals surface area contributed by atoms with Crippen molar-refractivity contribution in [2.45, 2.75) is 41.5 Å². The highest BCUT2D eigenvalue weighted by Crippen LogP contribution is 2.04. The number of hydrogen-bond donors (Lipinski definition) is 1. The van der Waals surface area contributed by atoms with Gasteiger partial charge in [-0.2, -0.15) is 0 Å². The van der Waals surface area contributed by atoms with Crippen LogP contribution < -0.4 is 4.73 Å². The summed E-state index contributed by atoms with van der Waals surface area (Å²) in [7, 11) is 0. The van der Waals surface area contributed by atoms with E-state index in [1.807, 2.05) is 40.0 Å². The second kappa shape index (κ2) is 6.32. The summed E-state index contributed by atoms with van der Waals surface area (Å²) in [5, 5.41) is 9.20. The van der Waals surface area contributed by atoms with E-state index in [1.54, 1.807) is 6.20 Å². The summed E-state index contributed by atoms with van der Waals surface area (Å²) in [5.74, 6) is 0. The summed E-state index contributed by atoms with van der Waals surface area (Å²) in [4.78, 5) is 4.18. The van der Waals surface area contributed by atoms with Gasteiger partial charge in [0.1, 0.15) is 0 Å². The minimum Gasteiger partial charge on any atom is -0.285 e. The number of hydrogen-bond acceptors (Lipinski definition) is 2. The molecule has 0 aliphatic carbocycles. The summed E-state index contributed by atoms with van der Waals surface area (Å²) in [5.41, 5.74) is 6.72. The predicted molar refractivity (Wildman–Crippen MR) is 76.5 cm³/mol. The Morgan fingerprint density at radius 2 is 1.47 bits per heavy atom. The standard InChI is InChI=1S/C8H12NO.C8H11N/c1-6-4-7(2)8(3)9(10)5-6;1-6-4-7(2)8(3)9-5-6/h4-5,10H,1-3H3;4-5H,1-3H3/q+1;. The van der Waals surface area contributed by atoms with Gasteiger partial charge in [0.15, 0.2) is 0 Å². The molecule has 0 fully saturated rings. The summed E-state index contributed by atoms with van der Waals surface area (Å²) in [6.07, 6.45) is 3.59. The first-order valence-corrected chi connectivity index (χ1v) is 6.40. The zero-order chi connectivity index (χ0) is 14.6. The van der Waals surface area contributed by atoms with Crippen LogP contribution >= 0.6 is 0 Å². The summed E-state index contributed by atoms with van der Waals surface area (Å²) < 4.78 is 1.16. The Bertz CT molecular complexity index is 554. The van der Waals surface area contributed by atoms with E-state index in [9.17, 15) is 5.21 Å². The van der Waals surface area contributed by atoms with E-state index < -0.39 is 0 Å². The van der Waals surface area contributed by atoms with Crippen LogP contribution in [0.4, 0.5) is 0 Å². The Kier molecular flexibility index (Phi) is 5.04. The van der Waals surface area contributed by atoms with Gasteiger partial charge in [-0.25, -0.2) is 0 Å². The molecule has 0 radical (unpaired) electrons. The van der Waals surface area contributed by atoms with Crippen LogP contribution in [0, 0.1) is 41.5 Å². The number of pyridine rings is 2. The van der Waals surface area contributed by atoms with Crippen molar-refractivity contribution < 1.29 is 9.94 Å². The van der Waals surface area contributed by atoms with E-state index >= 15 is 0 Å². The lowest BCUT2D eigenvalue weighted by molar-refractivity contribution is -0.909. The van der Waals surface area contributed by atoms with Crippen molar-refractivity contribution >= 4 is 0 Å². The average Bonchev–Trinajstić information content (AvgIpc) is 2.32. The molecular formula is C16H23N2O+. The Morgan fingerprint density at radius 3 is 1.95 bits per heavy atom. The van der Waals surface area contributed by atoms with Crippen LogP contribution in [0.5, 0.6) is 0 Å². The Balaban J connectivity index is 0.000000191. The van der Waals surface area contributed by atoms with Crippen molar-refractivity contribution in [2.24, 2.45) is 0 Å². The molecule has 3 nitrogen and oxygen atoms in total. The third-order valence-corrected chi connectivity index (χ3v) is 3.16. The van der Waals surface area contributed by atoms with Crippen LogP contribution in [-0.2, 0) is 0 Å². The molecular weight excluding hydrogens is 236 g/mol. The van der Waals surface area contributed by atoms with Gasteiger partial charge < -0.3 is 0 Å². The number of aromatic nitrogens is 2. The largest absolute Gasteiger partial charge is 0.285 e. The molecule has 19 heavy (non-hydrogen) atoms. The van der Waals surface area contributed by atoms with E-state index in [0.717, 1.165) is 27.2 Å². The van der Waals surface area contributed by atoms with Gasteiger partial charge in [-0.15, -0.1) is 0 Å². The van der Waals surface area contributed by atoms with Gasteiger partial charge in [0, 0.05) is 34.7 Å². The van der Waals surface area contributed by atoms with Gasteiger partial charge >= 0.3 is 0 Å². The third kappa shape index (κ3) is 4.36. The zero-order valence-electron chi connectivity index (χ0n) is 12.7. The molecule has 0 aliphatic rings. The topological polar surface area (TPSA) is 37.0 Å². The van der Waals surface area contributed by atoms with Crippen molar-refractivity contribution in [1.29, 1.82) is 0 Å². The molecule has 1 N–H and O–H groups in total. The summed E-state index contributed by atoms with van der Waals surface area (Å²) >= 11 is 0. The minimum atomic E-state index is 0.894. The molecule has 0 bridgehead atoms. The second-order valence-electron chi connectivity index (χ2n) is 5.05. The maximum atomic E-state index is 9.20. The van der Waals surface area contributed by atoms with Gasteiger partial charge in [-0.3, -0.25) is 10.2 Å². The summed E-state index contributed by atoms with van der Waals surface area (Å²) in [6.45, 7) is 12.0. The minimum absolute atomic E-state index is 0.894. The fraction of sp³-hybridized carbons (Fsp3) is 0.375. The number of nitrogens with zero attached hydrogens (tertiary/aromatic N) is 2. The first-order chi connectivity index (χ1) is 8.81. The van der Waals surface area contributed by atoms with Crippen LogP contribution in [0.2, 0.25) is 0 Å². The van der Waals surface area contributed by atoms with E-state index in [2.05, 4.69) is 24.9 Å². The molecule has 0 amide bonds. The van der Waals surface area contributed by atoms with Crippen LogP contribution in [0.25, 0.3) is 0 Å². The number of aryl methyl sites for hydroxylation is 5. The molecule has 2 aromatic heterocycles. The average molecular weight is 259 g/mol. The Labute approximate surface area is 115 Å². The highest BCUT2D eigenvalue weighted by Gasteiger charge is 2.07. The molecule has 2 heterocycles. The molecule has 0 unspecified atom stereocenters. The van der Waals surface area contributed by atoms with Gasteiger partial charge in [0.2, 0.25) is 11.9 Å². The third-order valence-electron chi connectivity index (χ3n) is 3.16. The highest BCUT2D eigenvalue weighted by molar-refractivity contribution is 5.21. The fourth-order valence-corrected chi connectivity index (χ4v) is 1.74. The van der Waals surface area contributed by atoms with Gasteiger partial charge in [0.05, 0.1) is 0 Å². The lowest BCUT2D eigenvalue weighted by atomic mass is 10.2.